The van der Waals surface area contributed by atoms with Crippen LogP contribution in [0.3, 0.4) is 0 Å². The van der Waals surface area contributed by atoms with Crippen molar-refractivity contribution in [3.05, 3.63) is 82.8 Å². The molecule has 2 saturated heterocycles. The lowest BCUT2D eigenvalue weighted by Gasteiger charge is -2.18. The number of amides is 1. The average Bonchev–Trinajstić information content (AvgIpc) is 3.43. The molecule has 3 aromatic carbocycles. The minimum atomic E-state index is -0.0354. The predicted molar refractivity (Wildman–Crippen MR) is 134 cm³/mol. The maximum absolute atomic E-state index is 12.8. The molecular formula is C26H23NO3S2. The van der Waals surface area contributed by atoms with Crippen LogP contribution < -0.4 is 4.74 Å². The third-order valence-corrected chi connectivity index (χ3v) is 7.11. The van der Waals surface area contributed by atoms with Crippen LogP contribution in [0.5, 0.6) is 5.75 Å². The van der Waals surface area contributed by atoms with E-state index in [0.29, 0.717) is 22.4 Å². The van der Waals surface area contributed by atoms with Crippen LogP contribution in [0.15, 0.2) is 71.6 Å². The van der Waals surface area contributed by atoms with Crippen molar-refractivity contribution in [1.29, 1.82) is 0 Å². The molecule has 0 aromatic heterocycles. The highest BCUT2D eigenvalue weighted by Crippen LogP contribution is 2.33. The molecule has 6 heteroatoms. The monoisotopic (exact) mass is 461 g/mol. The summed E-state index contributed by atoms with van der Waals surface area (Å²) < 4.78 is 12.3. The Balaban J connectivity index is 1.24. The minimum Gasteiger partial charge on any atom is -0.489 e. The van der Waals surface area contributed by atoms with Crippen molar-refractivity contribution in [3.63, 3.8) is 0 Å². The minimum absolute atomic E-state index is 0.0354. The zero-order valence-corrected chi connectivity index (χ0v) is 19.2. The van der Waals surface area contributed by atoms with Gasteiger partial charge in [-0.1, -0.05) is 78.6 Å². The summed E-state index contributed by atoms with van der Waals surface area (Å²) in [5.74, 6) is 0.757. The van der Waals surface area contributed by atoms with E-state index in [9.17, 15) is 4.79 Å². The highest BCUT2D eigenvalue weighted by molar-refractivity contribution is 8.26. The van der Waals surface area contributed by atoms with Crippen molar-refractivity contribution < 1.29 is 14.3 Å². The number of thioether (sulfide) groups is 1. The fourth-order valence-electron chi connectivity index (χ4n) is 4.04. The second-order valence-electron chi connectivity index (χ2n) is 7.92. The van der Waals surface area contributed by atoms with Gasteiger partial charge in [-0.3, -0.25) is 9.69 Å². The third kappa shape index (κ3) is 4.58. The smallest absolute Gasteiger partial charge is 0.266 e. The molecule has 2 aliphatic rings. The van der Waals surface area contributed by atoms with Crippen LogP contribution in [0, 0.1) is 0 Å². The van der Waals surface area contributed by atoms with E-state index in [-0.39, 0.29) is 12.0 Å². The molecule has 0 spiro atoms. The van der Waals surface area contributed by atoms with Gasteiger partial charge in [0.05, 0.1) is 17.6 Å². The molecule has 0 saturated carbocycles. The Labute approximate surface area is 197 Å². The zero-order valence-electron chi connectivity index (χ0n) is 17.5. The Morgan fingerprint density at radius 3 is 2.72 bits per heavy atom. The lowest BCUT2D eigenvalue weighted by molar-refractivity contribution is -0.123. The first-order valence-electron chi connectivity index (χ1n) is 10.7. The van der Waals surface area contributed by atoms with E-state index in [1.165, 1.54) is 22.5 Å². The standard InChI is InChI=1S/C26H23NO3S2/c28-25-24(32-26(31)27(25)16-22-8-4-14-29-22)15-18-10-12-21(13-11-18)30-17-20-7-3-6-19-5-1-2-9-23(19)20/h1-3,5-7,9-13,15,22H,4,8,14,16-17H2/b24-15-/t22-/m1/s1. The van der Waals surface area contributed by atoms with Gasteiger partial charge in [-0.05, 0) is 52.9 Å². The van der Waals surface area contributed by atoms with E-state index in [1.54, 1.807) is 4.90 Å². The molecule has 0 unspecified atom stereocenters. The summed E-state index contributed by atoms with van der Waals surface area (Å²) in [6, 6.07) is 22.4. The number of carbonyl (C=O) groups is 1. The SMILES string of the molecule is O=C1/C(=C/c2ccc(OCc3cccc4ccccc34)cc2)SC(=S)N1C[C@H]1CCCO1. The molecule has 0 aliphatic carbocycles. The number of fused-ring (bicyclic) bond motifs is 1. The fourth-order valence-corrected chi connectivity index (χ4v) is 5.32. The summed E-state index contributed by atoms with van der Waals surface area (Å²) in [7, 11) is 0. The number of hydrogen-bond acceptors (Lipinski definition) is 5. The largest absolute Gasteiger partial charge is 0.489 e. The second kappa shape index (κ2) is 9.45. The van der Waals surface area contributed by atoms with Crippen molar-refractivity contribution in [2.24, 2.45) is 0 Å². The lowest BCUT2D eigenvalue weighted by Crippen LogP contribution is -2.35. The van der Waals surface area contributed by atoms with Crippen LogP contribution in [-0.4, -0.2) is 34.4 Å². The number of thiocarbonyl (C=S) groups is 1. The van der Waals surface area contributed by atoms with E-state index in [1.807, 2.05) is 42.5 Å². The Hall–Kier alpha value is -2.67. The summed E-state index contributed by atoms with van der Waals surface area (Å²) in [5, 5.41) is 2.41. The van der Waals surface area contributed by atoms with Crippen LogP contribution in [-0.2, 0) is 16.1 Å². The van der Waals surface area contributed by atoms with Gasteiger partial charge < -0.3 is 9.47 Å². The number of rotatable bonds is 6. The van der Waals surface area contributed by atoms with Gasteiger partial charge >= 0.3 is 0 Å². The van der Waals surface area contributed by atoms with E-state index in [4.69, 9.17) is 21.7 Å². The van der Waals surface area contributed by atoms with Gasteiger partial charge in [0, 0.05) is 6.61 Å². The van der Waals surface area contributed by atoms with Gasteiger partial charge in [0.1, 0.15) is 16.7 Å². The van der Waals surface area contributed by atoms with Crippen LogP contribution in [0.25, 0.3) is 16.8 Å². The first-order chi connectivity index (χ1) is 15.7. The van der Waals surface area contributed by atoms with Crippen molar-refractivity contribution in [3.8, 4) is 5.75 Å². The summed E-state index contributed by atoms with van der Waals surface area (Å²) >= 11 is 6.79. The molecule has 1 atom stereocenters. The summed E-state index contributed by atoms with van der Waals surface area (Å²) in [6.45, 7) is 1.82. The molecule has 32 heavy (non-hydrogen) atoms. The fraction of sp³-hybridized carbons (Fsp3) is 0.231. The van der Waals surface area contributed by atoms with Gasteiger partial charge in [-0.15, -0.1) is 0 Å². The molecular weight excluding hydrogens is 438 g/mol. The number of nitrogens with zero attached hydrogens (tertiary/aromatic N) is 1. The molecule has 3 aromatic rings. The highest BCUT2D eigenvalue weighted by atomic mass is 32.2. The molecule has 0 bridgehead atoms. The van der Waals surface area contributed by atoms with Crippen LogP contribution in [0.1, 0.15) is 24.0 Å². The van der Waals surface area contributed by atoms with E-state index in [0.717, 1.165) is 36.3 Å². The van der Waals surface area contributed by atoms with Crippen molar-refractivity contribution in [2.75, 3.05) is 13.2 Å². The van der Waals surface area contributed by atoms with E-state index < -0.39 is 0 Å². The topological polar surface area (TPSA) is 38.8 Å². The lowest BCUT2D eigenvalue weighted by atomic mass is 10.1. The second-order valence-corrected chi connectivity index (χ2v) is 9.60. The quantitative estimate of drug-likeness (QED) is 0.343. The summed E-state index contributed by atoms with van der Waals surface area (Å²) in [6.07, 6.45) is 4.01. The van der Waals surface area contributed by atoms with Gasteiger partial charge in [0.25, 0.3) is 5.91 Å². The Morgan fingerprint density at radius 2 is 1.91 bits per heavy atom. The number of benzene rings is 3. The Bertz CT molecular complexity index is 1180. The van der Waals surface area contributed by atoms with Crippen LogP contribution in [0.2, 0.25) is 0 Å². The molecule has 2 aliphatic heterocycles. The number of ether oxygens (including phenoxy) is 2. The van der Waals surface area contributed by atoms with E-state index in [2.05, 4.69) is 30.3 Å². The number of carbonyl (C=O) groups excluding carboxylic acids is 1. The molecule has 0 radical (unpaired) electrons. The Morgan fingerprint density at radius 1 is 1.09 bits per heavy atom. The molecule has 2 heterocycles. The molecule has 2 fully saturated rings. The summed E-state index contributed by atoms with van der Waals surface area (Å²) in [5.41, 5.74) is 2.10. The third-order valence-electron chi connectivity index (χ3n) is 5.74. The first kappa shape index (κ1) is 21.2. The average molecular weight is 462 g/mol. The maximum atomic E-state index is 12.8. The number of hydrogen-bond donors (Lipinski definition) is 0. The highest BCUT2D eigenvalue weighted by Gasteiger charge is 2.34. The van der Waals surface area contributed by atoms with Crippen molar-refractivity contribution in [2.45, 2.75) is 25.6 Å². The van der Waals surface area contributed by atoms with Crippen molar-refractivity contribution in [1.82, 2.24) is 4.90 Å². The van der Waals surface area contributed by atoms with E-state index >= 15 is 0 Å². The predicted octanol–water partition coefficient (Wildman–Crippen LogP) is 5.80. The Kier molecular flexibility index (Phi) is 6.26. The maximum Gasteiger partial charge on any atom is 0.266 e. The molecule has 4 nitrogen and oxygen atoms in total. The molecule has 1 amide bonds. The van der Waals surface area contributed by atoms with Crippen LogP contribution in [0.4, 0.5) is 0 Å². The first-order valence-corrected chi connectivity index (χ1v) is 12.0. The molecule has 5 rings (SSSR count). The van der Waals surface area contributed by atoms with Gasteiger partial charge in [-0.25, -0.2) is 0 Å². The van der Waals surface area contributed by atoms with Crippen molar-refractivity contribution >= 4 is 51.1 Å². The van der Waals surface area contributed by atoms with Gasteiger partial charge in [0.15, 0.2) is 0 Å². The normalized spacial score (nSPS) is 19.9. The van der Waals surface area contributed by atoms with Gasteiger partial charge in [-0.2, -0.15) is 0 Å². The van der Waals surface area contributed by atoms with Crippen LogP contribution >= 0.6 is 24.0 Å². The summed E-state index contributed by atoms with van der Waals surface area (Å²) in [4.78, 5) is 15.1. The molecule has 0 N–H and O–H groups in total. The molecule has 162 valence electrons. The van der Waals surface area contributed by atoms with Gasteiger partial charge in [0.2, 0.25) is 0 Å². The zero-order chi connectivity index (χ0) is 21.9.